The van der Waals surface area contributed by atoms with Crippen LogP contribution in [-0.4, -0.2) is 0 Å². The Balaban J connectivity index is 3.28. The first kappa shape index (κ1) is 11.1. The van der Waals surface area contributed by atoms with Crippen LogP contribution < -0.4 is 1.33 Å². The highest BCUT2D eigenvalue weighted by atomic mass is 127. The van der Waals surface area contributed by atoms with E-state index >= 15 is 0 Å². The van der Waals surface area contributed by atoms with Crippen molar-refractivity contribution in [2.45, 2.75) is 0 Å². The van der Waals surface area contributed by atoms with Gasteiger partial charge in [0, 0.05) is 6.07 Å². The van der Waals surface area contributed by atoms with Gasteiger partial charge in [-0.05, 0) is 28.7 Å². The number of nitrogens with zero attached hydrogens (tertiary/aromatic N) is 1. The largest absolute Gasteiger partial charge is 0.254 e. The molecule has 1 nitrogen and oxygen atoms in total. The fraction of sp³-hybridized carbons (Fsp3) is 0. The van der Waals surface area contributed by atoms with E-state index in [0.29, 0.717) is 9.26 Å². The second-order valence-corrected chi connectivity index (χ2v) is 6.81. The maximum atomic E-state index is 12.9. The average molecular weight is 507 g/mol. The van der Waals surface area contributed by atoms with E-state index in [9.17, 15) is 8.78 Å². The first-order valence-electron chi connectivity index (χ1n) is 2.78. The molecule has 1 rings (SSSR count). The van der Waals surface area contributed by atoms with Gasteiger partial charge in [0.1, 0.15) is 11.6 Å². The van der Waals surface area contributed by atoms with Crippen molar-refractivity contribution < 1.29 is 8.78 Å². The number of benzene rings is 1. The van der Waals surface area contributed by atoms with Crippen molar-refractivity contribution in [1.82, 2.24) is 0 Å². The molecular weight excluding hydrogens is 505 g/mol. The smallest absolute Gasteiger partial charge is 0.141 e. The first-order valence-corrected chi connectivity index (χ1v) is 5.79. The summed E-state index contributed by atoms with van der Waals surface area (Å²) in [6.45, 7) is 0. The normalized spacial score (nSPS) is 10.1. The summed E-state index contributed by atoms with van der Waals surface area (Å²) in [5.41, 5.74) is 0.536. The average Bonchev–Trinajstić information content (AvgIpc) is 1.96. The highest BCUT2D eigenvalue weighted by Crippen LogP contribution is 2.31. The Kier molecular flexibility index (Phi) is 4.21. The molecule has 0 saturated heterocycles. The molecule has 0 atom stereocenters. The molecule has 0 spiro atoms. The van der Waals surface area contributed by atoms with Crippen LogP contribution in [0.4, 0.5) is 14.5 Å². The summed E-state index contributed by atoms with van der Waals surface area (Å²) in [5.74, 6) is -1.08. The van der Waals surface area contributed by atoms with Crippen molar-refractivity contribution in [3.63, 3.8) is 0 Å². The van der Waals surface area contributed by atoms with Gasteiger partial charge in [-0.1, -0.05) is 0 Å². The Morgan fingerprint density at radius 3 is 2.25 bits per heavy atom. The maximum Gasteiger partial charge on any atom is 0.141 e. The zero-order valence-electron chi connectivity index (χ0n) is 5.49. The third kappa shape index (κ3) is 2.53. The molecule has 12 heavy (non-hydrogen) atoms. The molecule has 0 heterocycles. The summed E-state index contributed by atoms with van der Waals surface area (Å²) in [5, 5.41) is 0. The second-order valence-electron chi connectivity index (χ2n) is 1.95. The molecule has 0 aliphatic heterocycles. The second kappa shape index (κ2) is 4.53. The summed E-state index contributed by atoms with van der Waals surface area (Å²) in [4.78, 5) is 0. The summed E-state index contributed by atoms with van der Waals surface area (Å²) in [7, 11) is 0. The molecule has 0 aliphatic carbocycles. The SMILES string of the molecule is Fc1cc(F)c(I)c(N(I)I)c1. The Bertz CT molecular complexity index is 303. The molecule has 0 saturated carbocycles. The molecular formula is C6H2F2I3N. The number of halogens is 5. The molecule has 66 valence electrons. The van der Waals surface area contributed by atoms with E-state index in [4.69, 9.17) is 0 Å². The lowest BCUT2D eigenvalue weighted by Gasteiger charge is -2.09. The van der Waals surface area contributed by atoms with Crippen LogP contribution in [0.3, 0.4) is 0 Å². The maximum absolute atomic E-state index is 12.9. The van der Waals surface area contributed by atoms with E-state index in [1.807, 2.05) is 68.3 Å². The zero-order valence-corrected chi connectivity index (χ0v) is 12.0. The molecule has 0 amide bonds. The molecule has 1 aromatic carbocycles. The zero-order chi connectivity index (χ0) is 9.30. The third-order valence-corrected chi connectivity index (χ3v) is 3.26. The number of rotatable bonds is 1. The minimum atomic E-state index is -0.554. The van der Waals surface area contributed by atoms with Crippen molar-refractivity contribution in [2.75, 3.05) is 1.33 Å². The monoisotopic (exact) mass is 507 g/mol. The van der Waals surface area contributed by atoms with Gasteiger partial charge in [0.05, 0.1) is 55.0 Å². The first-order chi connectivity index (χ1) is 5.52. The number of anilines is 1. The Morgan fingerprint density at radius 1 is 1.17 bits per heavy atom. The van der Waals surface area contributed by atoms with Gasteiger partial charge in [-0.3, -0.25) is 1.33 Å². The van der Waals surface area contributed by atoms with Crippen LogP contribution in [0.25, 0.3) is 0 Å². The predicted molar refractivity (Wildman–Crippen MR) is 69.6 cm³/mol. The molecule has 6 heteroatoms. The highest BCUT2D eigenvalue weighted by Gasteiger charge is 2.11. The molecule has 1 aromatic rings. The van der Waals surface area contributed by atoms with Crippen LogP contribution in [0.15, 0.2) is 12.1 Å². The summed E-state index contributed by atoms with van der Waals surface area (Å²) >= 11 is 5.74. The molecule has 0 aromatic heterocycles. The third-order valence-electron chi connectivity index (χ3n) is 1.16. The molecule has 0 bridgehead atoms. The number of hydrogen-bond acceptors (Lipinski definition) is 1. The van der Waals surface area contributed by atoms with Gasteiger partial charge in [0.15, 0.2) is 0 Å². The van der Waals surface area contributed by atoms with Crippen molar-refractivity contribution in [2.24, 2.45) is 0 Å². The minimum absolute atomic E-state index is 0.429. The van der Waals surface area contributed by atoms with Gasteiger partial charge in [-0.15, -0.1) is 0 Å². The van der Waals surface area contributed by atoms with Gasteiger partial charge in [-0.2, -0.15) is 0 Å². The van der Waals surface area contributed by atoms with Crippen molar-refractivity contribution in [1.29, 1.82) is 0 Å². The quantitative estimate of drug-likeness (QED) is 0.315. The lowest BCUT2D eigenvalue weighted by atomic mass is 10.3. The Morgan fingerprint density at radius 2 is 1.75 bits per heavy atom. The van der Waals surface area contributed by atoms with Crippen LogP contribution in [-0.2, 0) is 0 Å². The lowest BCUT2D eigenvalue weighted by Crippen LogP contribution is -1.97. The van der Waals surface area contributed by atoms with Crippen molar-refractivity contribution >= 4 is 74.0 Å². The fourth-order valence-corrected chi connectivity index (χ4v) is 2.90. The van der Waals surface area contributed by atoms with Gasteiger partial charge in [0.2, 0.25) is 0 Å². The van der Waals surface area contributed by atoms with E-state index in [0.717, 1.165) is 6.07 Å². The summed E-state index contributed by atoms with van der Waals surface area (Å²) in [6.07, 6.45) is 0. The number of hydrogen-bond donors (Lipinski definition) is 0. The lowest BCUT2D eigenvalue weighted by molar-refractivity contribution is 0.579. The molecule has 0 unspecified atom stereocenters. The Labute approximate surface area is 110 Å². The van der Waals surface area contributed by atoms with E-state index in [-0.39, 0.29) is 0 Å². The van der Waals surface area contributed by atoms with E-state index in [1.165, 1.54) is 6.07 Å². The summed E-state index contributed by atoms with van der Waals surface area (Å²) < 4.78 is 27.7. The van der Waals surface area contributed by atoms with E-state index in [2.05, 4.69) is 0 Å². The molecule has 0 aliphatic rings. The topological polar surface area (TPSA) is 3.24 Å². The standard InChI is InChI=1S/C6H2F2I3N/c7-3-1-4(8)6(9)5(2-3)12(10)11/h1-2H. The van der Waals surface area contributed by atoms with Crippen molar-refractivity contribution in [3.05, 3.63) is 27.3 Å². The van der Waals surface area contributed by atoms with Gasteiger partial charge in [-0.25, -0.2) is 8.78 Å². The van der Waals surface area contributed by atoms with Crippen LogP contribution in [0.1, 0.15) is 0 Å². The molecule has 0 N–H and O–H groups in total. The van der Waals surface area contributed by atoms with Crippen LogP contribution in [0.5, 0.6) is 0 Å². The van der Waals surface area contributed by atoms with Crippen LogP contribution in [0.2, 0.25) is 0 Å². The predicted octanol–water partition coefficient (Wildman–Crippen LogP) is 4.08. The molecule has 0 fully saturated rings. The van der Waals surface area contributed by atoms with E-state index in [1.54, 1.807) is 1.33 Å². The minimum Gasteiger partial charge on any atom is -0.254 e. The van der Waals surface area contributed by atoms with Crippen LogP contribution >= 0.6 is 68.3 Å². The van der Waals surface area contributed by atoms with Gasteiger partial charge < -0.3 is 0 Å². The highest BCUT2D eigenvalue weighted by molar-refractivity contribution is 14.2. The van der Waals surface area contributed by atoms with Gasteiger partial charge >= 0.3 is 0 Å². The molecule has 0 radical (unpaired) electrons. The van der Waals surface area contributed by atoms with Gasteiger partial charge in [0.25, 0.3) is 0 Å². The Hall–Kier alpha value is 1.07. The van der Waals surface area contributed by atoms with E-state index < -0.39 is 11.6 Å². The van der Waals surface area contributed by atoms with Crippen molar-refractivity contribution in [3.8, 4) is 0 Å². The summed E-state index contributed by atoms with van der Waals surface area (Å²) in [6, 6.07) is 2.17. The van der Waals surface area contributed by atoms with Crippen LogP contribution in [0, 0.1) is 15.2 Å². The fourth-order valence-electron chi connectivity index (χ4n) is 0.665.